The lowest BCUT2D eigenvalue weighted by Gasteiger charge is -2.31. The summed E-state index contributed by atoms with van der Waals surface area (Å²) in [6.07, 6.45) is 1.42. The molecule has 1 fully saturated rings. The minimum absolute atomic E-state index is 0.155. The summed E-state index contributed by atoms with van der Waals surface area (Å²) >= 11 is 0. The largest absolute Gasteiger partial charge is 0.466 e. The van der Waals surface area contributed by atoms with Gasteiger partial charge in [0.25, 0.3) is 5.91 Å². The molecule has 2 heterocycles. The van der Waals surface area contributed by atoms with Gasteiger partial charge in [0.15, 0.2) is 11.0 Å². The number of carbonyl (C=O) groups excluding carboxylic acids is 2. The maximum Gasteiger partial charge on any atom is 0.310 e. The third-order valence-electron chi connectivity index (χ3n) is 5.74. The predicted molar refractivity (Wildman–Crippen MR) is 118 cm³/mol. The molecule has 1 unspecified atom stereocenters. The van der Waals surface area contributed by atoms with Gasteiger partial charge in [-0.2, -0.15) is 0 Å². The van der Waals surface area contributed by atoms with Crippen LogP contribution in [0.15, 0.2) is 57.7 Å². The van der Waals surface area contributed by atoms with Gasteiger partial charge in [-0.3, -0.25) is 14.4 Å². The molecule has 6 nitrogen and oxygen atoms in total. The Balaban J connectivity index is 1.76. The maximum absolute atomic E-state index is 13.4. The molecule has 1 amide bonds. The van der Waals surface area contributed by atoms with Gasteiger partial charge >= 0.3 is 5.97 Å². The van der Waals surface area contributed by atoms with Crippen LogP contribution in [0.3, 0.4) is 0 Å². The summed E-state index contributed by atoms with van der Waals surface area (Å²) < 4.78 is 11.3. The number of likely N-dealkylation sites (tertiary alicyclic amines) is 1. The summed E-state index contributed by atoms with van der Waals surface area (Å²) in [4.78, 5) is 40.3. The molecule has 31 heavy (non-hydrogen) atoms. The molecule has 1 atom stereocenters. The Bertz CT molecular complexity index is 1180. The van der Waals surface area contributed by atoms with Crippen molar-refractivity contribution in [2.45, 2.75) is 26.7 Å². The lowest BCUT2D eigenvalue weighted by atomic mass is 9.97. The SMILES string of the molecule is CCOC(=O)C1CCCN(C(=O)c2cccc3c(=O)c(C)c(-c4ccccc4)oc23)C1. The van der Waals surface area contributed by atoms with Crippen LogP contribution in [0.1, 0.15) is 35.7 Å². The number of hydrogen-bond donors (Lipinski definition) is 0. The first-order chi connectivity index (χ1) is 15.0. The number of hydrogen-bond acceptors (Lipinski definition) is 5. The normalized spacial score (nSPS) is 16.3. The highest BCUT2D eigenvalue weighted by molar-refractivity contribution is 6.05. The van der Waals surface area contributed by atoms with Crippen molar-refractivity contribution in [2.75, 3.05) is 19.7 Å². The monoisotopic (exact) mass is 419 g/mol. The van der Waals surface area contributed by atoms with Crippen molar-refractivity contribution in [1.82, 2.24) is 4.90 Å². The fraction of sp³-hybridized carbons (Fsp3) is 0.320. The Kier molecular flexibility index (Phi) is 5.89. The Morgan fingerprint density at radius 3 is 2.65 bits per heavy atom. The molecular formula is C25H25NO5. The molecule has 1 aromatic heterocycles. The van der Waals surface area contributed by atoms with E-state index in [9.17, 15) is 14.4 Å². The van der Waals surface area contributed by atoms with Crippen LogP contribution in [0.4, 0.5) is 0 Å². The Hall–Kier alpha value is -3.41. The molecule has 2 aromatic carbocycles. The second kappa shape index (κ2) is 8.76. The zero-order valence-electron chi connectivity index (χ0n) is 17.7. The summed E-state index contributed by atoms with van der Waals surface area (Å²) in [6.45, 7) is 4.67. The van der Waals surface area contributed by atoms with Gasteiger partial charge in [-0.15, -0.1) is 0 Å². The van der Waals surface area contributed by atoms with E-state index in [1.165, 1.54) is 0 Å². The van der Waals surface area contributed by atoms with Gasteiger partial charge in [-0.1, -0.05) is 36.4 Å². The maximum atomic E-state index is 13.4. The Morgan fingerprint density at radius 2 is 1.90 bits per heavy atom. The molecular weight excluding hydrogens is 394 g/mol. The Labute approximate surface area is 180 Å². The highest BCUT2D eigenvalue weighted by Crippen LogP contribution is 2.29. The van der Waals surface area contributed by atoms with Crippen molar-refractivity contribution >= 4 is 22.8 Å². The van der Waals surface area contributed by atoms with Crippen molar-refractivity contribution in [1.29, 1.82) is 0 Å². The number of ether oxygens (including phenoxy) is 1. The van der Waals surface area contributed by atoms with E-state index in [0.717, 1.165) is 12.0 Å². The highest BCUT2D eigenvalue weighted by atomic mass is 16.5. The van der Waals surface area contributed by atoms with E-state index in [-0.39, 0.29) is 28.8 Å². The first kappa shape index (κ1) is 20.8. The average Bonchev–Trinajstić information content (AvgIpc) is 2.81. The van der Waals surface area contributed by atoms with E-state index >= 15 is 0 Å². The smallest absolute Gasteiger partial charge is 0.310 e. The first-order valence-electron chi connectivity index (χ1n) is 10.6. The highest BCUT2D eigenvalue weighted by Gasteiger charge is 2.31. The van der Waals surface area contributed by atoms with Crippen LogP contribution in [-0.4, -0.2) is 36.5 Å². The topological polar surface area (TPSA) is 76.8 Å². The third kappa shape index (κ3) is 3.98. The number of esters is 1. The van der Waals surface area contributed by atoms with Crippen LogP contribution >= 0.6 is 0 Å². The summed E-state index contributed by atoms with van der Waals surface area (Å²) in [5.74, 6) is -0.389. The number of fused-ring (bicyclic) bond motifs is 1. The van der Waals surface area contributed by atoms with Crippen molar-refractivity contribution in [3.63, 3.8) is 0 Å². The van der Waals surface area contributed by atoms with E-state index in [0.29, 0.717) is 48.4 Å². The van der Waals surface area contributed by atoms with E-state index in [1.807, 2.05) is 30.3 Å². The quantitative estimate of drug-likeness (QED) is 0.593. The summed E-state index contributed by atoms with van der Waals surface area (Å²) in [5.41, 5.74) is 1.74. The number of benzene rings is 2. The number of carbonyl (C=O) groups is 2. The molecule has 0 saturated carbocycles. The molecule has 0 N–H and O–H groups in total. The van der Waals surface area contributed by atoms with Crippen LogP contribution in [0.25, 0.3) is 22.3 Å². The second-order valence-electron chi connectivity index (χ2n) is 7.78. The van der Waals surface area contributed by atoms with E-state index in [4.69, 9.17) is 9.15 Å². The van der Waals surface area contributed by atoms with Crippen LogP contribution in [0.5, 0.6) is 0 Å². The molecule has 0 radical (unpaired) electrons. The van der Waals surface area contributed by atoms with Crippen molar-refractivity contribution in [2.24, 2.45) is 5.92 Å². The minimum Gasteiger partial charge on any atom is -0.466 e. The first-order valence-corrected chi connectivity index (χ1v) is 10.6. The standard InChI is InChI=1S/C25H25NO5/c1-3-30-25(29)18-11-8-14-26(15-18)24(28)20-13-7-12-19-21(27)16(2)22(31-23(19)20)17-9-5-4-6-10-17/h4-7,9-10,12-13,18H,3,8,11,14-15H2,1-2H3. The molecule has 160 valence electrons. The average molecular weight is 419 g/mol. The number of piperidine rings is 1. The fourth-order valence-electron chi connectivity index (χ4n) is 4.13. The lowest BCUT2D eigenvalue weighted by Crippen LogP contribution is -2.42. The molecule has 6 heteroatoms. The summed E-state index contributed by atoms with van der Waals surface area (Å²) in [5, 5.41) is 0.377. The van der Waals surface area contributed by atoms with Crippen molar-refractivity contribution in [3.05, 3.63) is 69.9 Å². The second-order valence-corrected chi connectivity index (χ2v) is 7.78. The number of amides is 1. The third-order valence-corrected chi connectivity index (χ3v) is 5.74. The molecule has 0 bridgehead atoms. The zero-order chi connectivity index (χ0) is 22.0. The molecule has 3 aromatic rings. The number of rotatable bonds is 4. The van der Waals surface area contributed by atoms with E-state index in [1.54, 1.807) is 36.9 Å². The van der Waals surface area contributed by atoms with Gasteiger partial charge in [-0.25, -0.2) is 0 Å². The molecule has 4 rings (SSSR count). The lowest BCUT2D eigenvalue weighted by molar-refractivity contribution is -0.149. The van der Waals surface area contributed by atoms with Gasteiger partial charge in [0, 0.05) is 24.2 Å². The molecule has 0 spiro atoms. The van der Waals surface area contributed by atoms with Crippen LogP contribution in [-0.2, 0) is 9.53 Å². The van der Waals surface area contributed by atoms with Crippen molar-refractivity contribution in [3.8, 4) is 11.3 Å². The minimum atomic E-state index is -0.332. The van der Waals surface area contributed by atoms with Crippen LogP contribution in [0.2, 0.25) is 0 Å². The van der Waals surface area contributed by atoms with Gasteiger partial charge in [0.2, 0.25) is 0 Å². The van der Waals surface area contributed by atoms with Gasteiger partial charge < -0.3 is 14.1 Å². The molecule has 0 aliphatic carbocycles. The van der Waals surface area contributed by atoms with Gasteiger partial charge in [-0.05, 0) is 38.8 Å². The fourth-order valence-corrected chi connectivity index (χ4v) is 4.13. The van der Waals surface area contributed by atoms with Crippen molar-refractivity contribution < 1.29 is 18.7 Å². The Morgan fingerprint density at radius 1 is 1.13 bits per heavy atom. The number of para-hydroxylation sites is 1. The zero-order valence-corrected chi connectivity index (χ0v) is 17.7. The summed E-state index contributed by atoms with van der Waals surface area (Å²) in [6, 6.07) is 14.4. The van der Waals surface area contributed by atoms with E-state index in [2.05, 4.69) is 0 Å². The molecule has 1 saturated heterocycles. The van der Waals surface area contributed by atoms with Crippen LogP contribution in [0, 0.1) is 12.8 Å². The van der Waals surface area contributed by atoms with Gasteiger partial charge in [0.1, 0.15) is 5.76 Å². The molecule has 1 aliphatic heterocycles. The van der Waals surface area contributed by atoms with Gasteiger partial charge in [0.05, 0.1) is 23.5 Å². The van der Waals surface area contributed by atoms with Crippen LogP contribution < -0.4 is 5.43 Å². The van der Waals surface area contributed by atoms with E-state index < -0.39 is 0 Å². The molecule has 1 aliphatic rings. The predicted octanol–water partition coefficient (Wildman–Crippen LogP) is 4.18. The summed E-state index contributed by atoms with van der Waals surface area (Å²) in [7, 11) is 0. The number of nitrogens with zero attached hydrogens (tertiary/aromatic N) is 1.